The van der Waals surface area contributed by atoms with Crippen LogP contribution >= 0.6 is 12.4 Å². The van der Waals surface area contributed by atoms with E-state index in [-0.39, 0.29) is 42.0 Å². The average molecular weight is 380 g/mol. The van der Waals surface area contributed by atoms with Gasteiger partial charge in [-0.2, -0.15) is 0 Å². The summed E-state index contributed by atoms with van der Waals surface area (Å²) in [7, 11) is 0. The van der Waals surface area contributed by atoms with Crippen molar-refractivity contribution in [2.75, 3.05) is 17.2 Å². The Labute approximate surface area is 161 Å². The summed E-state index contributed by atoms with van der Waals surface area (Å²) in [6.07, 6.45) is 8.47. The Kier molecular flexibility index (Phi) is 7.91. The topological polar surface area (TPSA) is 84.2 Å². The van der Waals surface area contributed by atoms with Gasteiger partial charge >= 0.3 is 0 Å². The molecule has 2 saturated carbocycles. The van der Waals surface area contributed by atoms with Crippen molar-refractivity contribution in [1.29, 1.82) is 0 Å². The van der Waals surface area contributed by atoms with Crippen LogP contribution in [0.4, 0.5) is 11.4 Å². The fourth-order valence-corrected chi connectivity index (χ4v) is 4.18. The second-order valence-corrected chi connectivity index (χ2v) is 7.43. The molecule has 0 heterocycles. The molecule has 0 aromatic heterocycles. The van der Waals surface area contributed by atoms with Gasteiger partial charge in [-0.15, -0.1) is 12.4 Å². The number of nitrogens with two attached hydrogens (primary N) is 1. The van der Waals surface area contributed by atoms with E-state index in [4.69, 9.17) is 5.73 Å². The first-order chi connectivity index (χ1) is 12.2. The molecule has 3 rings (SSSR count). The summed E-state index contributed by atoms with van der Waals surface area (Å²) < 4.78 is 0. The molecular formula is C20H30ClN3O2. The summed E-state index contributed by atoms with van der Waals surface area (Å²) in [5.74, 6) is 0.557. The average Bonchev–Trinajstić information content (AvgIpc) is 3.11. The highest BCUT2D eigenvalue weighted by Crippen LogP contribution is 2.32. The van der Waals surface area contributed by atoms with Crippen LogP contribution in [0.15, 0.2) is 24.3 Å². The molecule has 0 radical (unpaired) electrons. The number of hydrogen-bond donors (Lipinski definition) is 3. The Morgan fingerprint density at radius 1 is 0.923 bits per heavy atom. The molecule has 5 nitrogen and oxygen atoms in total. The molecule has 1 aromatic rings. The number of amides is 2. The van der Waals surface area contributed by atoms with E-state index in [0.29, 0.717) is 6.54 Å². The minimum absolute atomic E-state index is 0. The van der Waals surface area contributed by atoms with Gasteiger partial charge in [0.1, 0.15) is 0 Å². The number of halogens is 1. The summed E-state index contributed by atoms with van der Waals surface area (Å²) >= 11 is 0. The second kappa shape index (κ2) is 9.93. The molecule has 0 unspecified atom stereocenters. The van der Waals surface area contributed by atoms with Gasteiger partial charge in [0.05, 0.1) is 0 Å². The third kappa shape index (κ3) is 5.21. The van der Waals surface area contributed by atoms with E-state index in [2.05, 4.69) is 10.6 Å². The van der Waals surface area contributed by atoms with Gasteiger partial charge in [-0.3, -0.25) is 9.59 Å². The number of benzene rings is 1. The molecule has 2 amide bonds. The van der Waals surface area contributed by atoms with Crippen molar-refractivity contribution in [2.45, 2.75) is 51.4 Å². The van der Waals surface area contributed by atoms with Crippen LogP contribution in [0.2, 0.25) is 0 Å². The van der Waals surface area contributed by atoms with E-state index in [1.807, 2.05) is 24.3 Å². The van der Waals surface area contributed by atoms with Gasteiger partial charge in [-0.1, -0.05) is 31.7 Å². The molecule has 1 aromatic carbocycles. The SMILES string of the molecule is Cl.NC[C@H]1CCC[C@H]1C(=O)Nc1cccc(NC(=O)C2CCCCC2)c1. The fraction of sp³-hybridized carbons (Fsp3) is 0.600. The lowest BCUT2D eigenvalue weighted by molar-refractivity contribution is -0.121. The zero-order chi connectivity index (χ0) is 17.6. The zero-order valence-electron chi connectivity index (χ0n) is 15.2. The van der Waals surface area contributed by atoms with Gasteiger partial charge in [-0.05, 0) is 56.3 Å². The van der Waals surface area contributed by atoms with E-state index in [0.717, 1.165) is 56.3 Å². The van der Waals surface area contributed by atoms with Crippen molar-refractivity contribution >= 4 is 35.6 Å². The highest BCUT2D eigenvalue weighted by atomic mass is 35.5. The van der Waals surface area contributed by atoms with Crippen LogP contribution in [0, 0.1) is 17.8 Å². The first kappa shape index (κ1) is 20.7. The maximum Gasteiger partial charge on any atom is 0.227 e. The Morgan fingerprint density at radius 3 is 2.23 bits per heavy atom. The van der Waals surface area contributed by atoms with Crippen LogP contribution in [-0.4, -0.2) is 18.4 Å². The van der Waals surface area contributed by atoms with Crippen molar-refractivity contribution < 1.29 is 9.59 Å². The van der Waals surface area contributed by atoms with Crippen LogP contribution in [0.1, 0.15) is 51.4 Å². The van der Waals surface area contributed by atoms with Crippen molar-refractivity contribution in [3.63, 3.8) is 0 Å². The molecule has 0 spiro atoms. The highest BCUT2D eigenvalue weighted by molar-refractivity contribution is 5.96. The van der Waals surface area contributed by atoms with Crippen LogP contribution < -0.4 is 16.4 Å². The zero-order valence-corrected chi connectivity index (χ0v) is 16.0. The van der Waals surface area contributed by atoms with Gasteiger partial charge in [0, 0.05) is 23.2 Å². The minimum Gasteiger partial charge on any atom is -0.330 e. The molecule has 144 valence electrons. The normalized spacial score (nSPS) is 23.1. The molecule has 6 heteroatoms. The molecule has 4 N–H and O–H groups in total. The van der Waals surface area contributed by atoms with Crippen molar-refractivity contribution in [1.82, 2.24) is 0 Å². The Balaban J connectivity index is 0.00000243. The maximum atomic E-state index is 12.5. The summed E-state index contributed by atoms with van der Waals surface area (Å²) in [5.41, 5.74) is 7.25. The van der Waals surface area contributed by atoms with Crippen molar-refractivity contribution in [3.05, 3.63) is 24.3 Å². The lowest BCUT2D eigenvalue weighted by Crippen LogP contribution is -2.29. The molecule has 2 aliphatic carbocycles. The summed E-state index contributed by atoms with van der Waals surface area (Å²) in [5, 5.41) is 6.00. The predicted molar refractivity (Wildman–Crippen MR) is 107 cm³/mol. The molecule has 0 bridgehead atoms. The third-order valence-corrected chi connectivity index (χ3v) is 5.67. The van der Waals surface area contributed by atoms with E-state index in [1.165, 1.54) is 6.42 Å². The monoisotopic (exact) mass is 379 g/mol. The van der Waals surface area contributed by atoms with Crippen LogP contribution in [0.3, 0.4) is 0 Å². The summed E-state index contributed by atoms with van der Waals surface area (Å²) in [4.78, 5) is 24.9. The number of carbonyl (C=O) groups excluding carboxylic acids is 2. The molecule has 26 heavy (non-hydrogen) atoms. The van der Waals surface area contributed by atoms with Gasteiger partial charge in [-0.25, -0.2) is 0 Å². The Bertz CT molecular complexity index is 617. The number of nitrogens with one attached hydrogen (secondary N) is 2. The maximum absolute atomic E-state index is 12.5. The van der Waals surface area contributed by atoms with Crippen molar-refractivity contribution in [3.8, 4) is 0 Å². The minimum atomic E-state index is 0. The van der Waals surface area contributed by atoms with E-state index in [1.54, 1.807) is 0 Å². The molecule has 0 saturated heterocycles. The first-order valence-electron chi connectivity index (χ1n) is 9.59. The van der Waals surface area contributed by atoms with Crippen molar-refractivity contribution in [2.24, 2.45) is 23.5 Å². The van der Waals surface area contributed by atoms with Gasteiger partial charge in [0.15, 0.2) is 0 Å². The van der Waals surface area contributed by atoms with E-state index >= 15 is 0 Å². The van der Waals surface area contributed by atoms with E-state index in [9.17, 15) is 9.59 Å². The van der Waals surface area contributed by atoms with E-state index < -0.39 is 0 Å². The molecule has 2 aliphatic rings. The Hall–Kier alpha value is -1.59. The van der Waals surface area contributed by atoms with Gasteiger partial charge < -0.3 is 16.4 Å². The Morgan fingerprint density at radius 2 is 1.58 bits per heavy atom. The first-order valence-corrected chi connectivity index (χ1v) is 9.59. The molecule has 2 atom stereocenters. The lowest BCUT2D eigenvalue weighted by atomic mass is 9.88. The van der Waals surface area contributed by atoms with Gasteiger partial charge in [0.25, 0.3) is 0 Å². The highest BCUT2D eigenvalue weighted by Gasteiger charge is 2.31. The molecular weight excluding hydrogens is 350 g/mol. The largest absolute Gasteiger partial charge is 0.330 e. The van der Waals surface area contributed by atoms with Crippen LogP contribution in [0.25, 0.3) is 0 Å². The summed E-state index contributed by atoms with van der Waals surface area (Å²) in [6.45, 7) is 0.565. The summed E-state index contributed by atoms with van der Waals surface area (Å²) in [6, 6.07) is 7.43. The molecule has 0 aliphatic heterocycles. The standard InChI is InChI=1S/C20H29N3O2.ClH/c21-13-15-8-4-11-18(15)20(25)23-17-10-5-9-16(12-17)22-19(24)14-6-2-1-3-7-14;/h5,9-10,12,14-15,18H,1-4,6-8,11,13,21H2,(H,22,24)(H,23,25);1H/t15-,18-;/m1./s1. The number of anilines is 2. The second-order valence-electron chi connectivity index (χ2n) is 7.43. The van der Waals surface area contributed by atoms with Gasteiger partial charge in [0.2, 0.25) is 11.8 Å². The van der Waals surface area contributed by atoms with Crippen LogP contribution in [-0.2, 0) is 9.59 Å². The number of carbonyl (C=O) groups is 2. The number of hydrogen-bond acceptors (Lipinski definition) is 3. The smallest absolute Gasteiger partial charge is 0.227 e. The fourth-order valence-electron chi connectivity index (χ4n) is 4.18. The number of rotatable bonds is 5. The predicted octanol–water partition coefficient (Wildman–Crippen LogP) is 3.94. The third-order valence-electron chi connectivity index (χ3n) is 5.67. The van der Waals surface area contributed by atoms with Crippen LogP contribution in [0.5, 0.6) is 0 Å². The lowest BCUT2D eigenvalue weighted by Gasteiger charge is -2.21. The molecule has 2 fully saturated rings. The quantitative estimate of drug-likeness (QED) is 0.724.